The summed E-state index contributed by atoms with van der Waals surface area (Å²) in [5.41, 5.74) is 4.96. The smallest absolute Gasteiger partial charge is 0.281 e. The number of carbonyl (C=O) groups is 1. The predicted octanol–water partition coefficient (Wildman–Crippen LogP) is 3.50. The number of aryl methyl sites for hydroxylation is 2. The van der Waals surface area contributed by atoms with Gasteiger partial charge in [-0.25, -0.2) is 5.43 Å². The minimum absolute atomic E-state index is 0.0661. The number of phenolic OH excluding ortho intramolecular Hbond substituents is 1. The Bertz CT molecular complexity index is 772. The zero-order valence-electron chi connectivity index (χ0n) is 13.8. The van der Waals surface area contributed by atoms with Crippen LogP contribution in [0.4, 0.5) is 0 Å². The first kappa shape index (κ1) is 16.5. The number of amides is 1. The highest BCUT2D eigenvalue weighted by atomic mass is 32.1. The Hall–Kier alpha value is -2.34. The third-order valence-electron chi connectivity index (χ3n) is 4.14. The maximum atomic E-state index is 12.3. The van der Waals surface area contributed by atoms with E-state index in [0.29, 0.717) is 21.9 Å². The van der Waals surface area contributed by atoms with Crippen molar-refractivity contribution in [1.29, 1.82) is 0 Å². The standard InChI is InChI=1S/C18H20N2O3S/c1-11(14-8-7-13(23-2)10-15(14)21)19-20-18(22)17-9-12-5-3-4-6-16(12)24-17/h7-10,21H,3-6H2,1-2H3,(H,20,22)/b19-11+. The number of carbonyl (C=O) groups excluding carboxylic acids is 1. The molecule has 24 heavy (non-hydrogen) atoms. The normalized spacial score (nSPS) is 14.2. The molecule has 1 aromatic carbocycles. The number of benzene rings is 1. The Kier molecular flexibility index (Phi) is 4.85. The van der Waals surface area contributed by atoms with Crippen molar-refractivity contribution in [3.05, 3.63) is 45.1 Å². The van der Waals surface area contributed by atoms with E-state index in [-0.39, 0.29) is 11.7 Å². The van der Waals surface area contributed by atoms with E-state index in [1.165, 1.54) is 36.5 Å². The lowest BCUT2D eigenvalue weighted by Gasteiger charge is -2.08. The van der Waals surface area contributed by atoms with Gasteiger partial charge in [0.05, 0.1) is 17.7 Å². The summed E-state index contributed by atoms with van der Waals surface area (Å²) in [5.74, 6) is 0.426. The van der Waals surface area contributed by atoms with Crippen molar-refractivity contribution in [2.24, 2.45) is 5.10 Å². The summed E-state index contributed by atoms with van der Waals surface area (Å²) in [5, 5.41) is 14.1. The van der Waals surface area contributed by atoms with Crippen LogP contribution in [0.2, 0.25) is 0 Å². The molecular formula is C18H20N2O3S. The van der Waals surface area contributed by atoms with Crippen LogP contribution in [-0.2, 0) is 12.8 Å². The zero-order chi connectivity index (χ0) is 17.1. The fourth-order valence-electron chi connectivity index (χ4n) is 2.80. The molecule has 3 rings (SSSR count). The van der Waals surface area contributed by atoms with Crippen LogP contribution >= 0.6 is 11.3 Å². The SMILES string of the molecule is COc1ccc(/C(C)=N/NC(=O)c2cc3c(s2)CCCC3)c(O)c1. The summed E-state index contributed by atoms with van der Waals surface area (Å²) in [4.78, 5) is 14.3. The first-order chi connectivity index (χ1) is 11.6. The molecule has 1 heterocycles. The summed E-state index contributed by atoms with van der Waals surface area (Å²) in [6, 6.07) is 6.94. The highest BCUT2D eigenvalue weighted by molar-refractivity contribution is 7.14. The lowest BCUT2D eigenvalue weighted by atomic mass is 9.99. The monoisotopic (exact) mass is 344 g/mol. The molecule has 0 spiro atoms. The van der Waals surface area contributed by atoms with Crippen molar-refractivity contribution in [3.8, 4) is 11.5 Å². The summed E-state index contributed by atoms with van der Waals surface area (Å²) in [6.07, 6.45) is 4.51. The van der Waals surface area contributed by atoms with E-state index in [1.54, 1.807) is 30.4 Å². The molecule has 0 unspecified atom stereocenters. The van der Waals surface area contributed by atoms with Crippen LogP contribution in [0.15, 0.2) is 29.4 Å². The molecule has 6 heteroatoms. The molecule has 5 nitrogen and oxygen atoms in total. The van der Waals surface area contributed by atoms with Crippen molar-refractivity contribution in [1.82, 2.24) is 5.43 Å². The molecule has 0 fully saturated rings. The van der Waals surface area contributed by atoms with Gasteiger partial charge in [-0.1, -0.05) is 0 Å². The maximum absolute atomic E-state index is 12.3. The third-order valence-corrected chi connectivity index (χ3v) is 5.38. The van der Waals surface area contributed by atoms with Gasteiger partial charge in [-0.05, 0) is 56.4 Å². The van der Waals surface area contributed by atoms with Crippen LogP contribution in [0.3, 0.4) is 0 Å². The molecule has 1 aliphatic rings. The van der Waals surface area contributed by atoms with Gasteiger partial charge < -0.3 is 9.84 Å². The number of aromatic hydroxyl groups is 1. The first-order valence-electron chi connectivity index (χ1n) is 7.92. The molecule has 2 aromatic rings. The second kappa shape index (κ2) is 7.05. The number of hydrogen-bond acceptors (Lipinski definition) is 5. The maximum Gasteiger partial charge on any atom is 0.281 e. The molecular weight excluding hydrogens is 324 g/mol. The second-order valence-electron chi connectivity index (χ2n) is 5.79. The van der Waals surface area contributed by atoms with Gasteiger partial charge in [0.25, 0.3) is 5.91 Å². The van der Waals surface area contributed by atoms with Gasteiger partial charge in [-0.3, -0.25) is 4.79 Å². The Morgan fingerprint density at radius 1 is 1.29 bits per heavy atom. The lowest BCUT2D eigenvalue weighted by Crippen LogP contribution is -2.18. The Morgan fingerprint density at radius 2 is 2.08 bits per heavy atom. The minimum Gasteiger partial charge on any atom is -0.507 e. The molecule has 0 aliphatic heterocycles. The van der Waals surface area contributed by atoms with Crippen molar-refractivity contribution < 1.29 is 14.6 Å². The molecule has 1 aromatic heterocycles. The number of ether oxygens (including phenoxy) is 1. The van der Waals surface area contributed by atoms with Crippen LogP contribution in [0.5, 0.6) is 11.5 Å². The van der Waals surface area contributed by atoms with Crippen molar-refractivity contribution >= 4 is 23.0 Å². The molecule has 0 saturated carbocycles. The number of hydrazone groups is 1. The summed E-state index contributed by atoms with van der Waals surface area (Å²) in [7, 11) is 1.54. The van der Waals surface area contributed by atoms with Gasteiger partial charge in [-0.2, -0.15) is 5.10 Å². The average molecular weight is 344 g/mol. The Morgan fingerprint density at radius 3 is 2.79 bits per heavy atom. The fraction of sp³-hybridized carbons (Fsp3) is 0.333. The van der Waals surface area contributed by atoms with Crippen molar-refractivity contribution in [2.75, 3.05) is 7.11 Å². The summed E-state index contributed by atoms with van der Waals surface area (Å²) >= 11 is 1.55. The van der Waals surface area contributed by atoms with Crippen molar-refractivity contribution in [3.63, 3.8) is 0 Å². The molecule has 0 atom stereocenters. The Labute approximate surface area is 145 Å². The number of nitrogens with zero attached hydrogens (tertiary/aromatic N) is 1. The molecule has 0 bridgehead atoms. The Balaban J connectivity index is 1.72. The van der Waals surface area contributed by atoms with E-state index < -0.39 is 0 Å². The van der Waals surface area contributed by atoms with Gasteiger partial charge in [0.1, 0.15) is 11.5 Å². The molecule has 1 amide bonds. The van der Waals surface area contributed by atoms with Crippen LogP contribution in [0, 0.1) is 0 Å². The van der Waals surface area contributed by atoms with Crippen molar-refractivity contribution in [2.45, 2.75) is 32.6 Å². The molecule has 1 aliphatic carbocycles. The van der Waals surface area contributed by atoms with Crippen LogP contribution in [0.25, 0.3) is 0 Å². The van der Waals surface area contributed by atoms with E-state index in [4.69, 9.17) is 4.74 Å². The zero-order valence-corrected chi connectivity index (χ0v) is 14.6. The second-order valence-corrected chi connectivity index (χ2v) is 6.92. The number of thiophene rings is 1. The van der Waals surface area contributed by atoms with Gasteiger partial charge in [0.2, 0.25) is 0 Å². The highest BCUT2D eigenvalue weighted by Crippen LogP contribution is 2.29. The van der Waals surface area contributed by atoms with Crippen LogP contribution < -0.4 is 10.2 Å². The molecule has 126 valence electrons. The first-order valence-corrected chi connectivity index (χ1v) is 8.73. The van der Waals surface area contributed by atoms with Crippen LogP contribution in [-0.4, -0.2) is 23.8 Å². The van der Waals surface area contributed by atoms with Gasteiger partial charge in [-0.15, -0.1) is 11.3 Å². The average Bonchev–Trinajstić information content (AvgIpc) is 3.03. The number of rotatable bonds is 4. The highest BCUT2D eigenvalue weighted by Gasteiger charge is 2.17. The number of methoxy groups -OCH3 is 1. The topological polar surface area (TPSA) is 70.9 Å². The van der Waals surface area contributed by atoms with Gasteiger partial charge in [0.15, 0.2) is 0 Å². The quantitative estimate of drug-likeness (QED) is 0.659. The molecule has 2 N–H and O–H groups in total. The third kappa shape index (κ3) is 3.43. The van der Waals surface area contributed by atoms with Gasteiger partial charge in [0, 0.05) is 16.5 Å². The number of hydrogen-bond donors (Lipinski definition) is 2. The summed E-state index contributed by atoms with van der Waals surface area (Å²) in [6.45, 7) is 1.74. The van der Waals surface area contributed by atoms with E-state index >= 15 is 0 Å². The van der Waals surface area contributed by atoms with E-state index in [9.17, 15) is 9.90 Å². The van der Waals surface area contributed by atoms with Crippen LogP contribution in [0.1, 0.15) is 45.4 Å². The number of phenols is 1. The molecule has 0 radical (unpaired) electrons. The number of fused-ring (bicyclic) bond motifs is 1. The minimum atomic E-state index is -0.207. The lowest BCUT2D eigenvalue weighted by molar-refractivity contribution is 0.0959. The van der Waals surface area contributed by atoms with E-state index in [1.807, 2.05) is 6.07 Å². The molecule has 0 saturated heterocycles. The van der Waals surface area contributed by atoms with E-state index in [0.717, 1.165) is 12.8 Å². The fourth-order valence-corrected chi connectivity index (χ4v) is 3.94. The van der Waals surface area contributed by atoms with E-state index in [2.05, 4.69) is 10.5 Å². The predicted molar refractivity (Wildman–Crippen MR) is 95.3 cm³/mol. The van der Waals surface area contributed by atoms with Gasteiger partial charge >= 0.3 is 0 Å². The largest absolute Gasteiger partial charge is 0.507 e. The number of nitrogens with one attached hydrogen (secondary N) is 1. The summed E-state index contributed by atoms with van der Waals surface area (Å²) < 4.78 is 5.06.